The molecule has 1 unspecified atom stereocenters. The lowest BCUT2D eigenvalue weighted by Gasteiger charge is -2.18. The van der Waals surface area contributed by atoms with Gasteiger partial charge in [-0.1, -0.05) is 265 Å². The molecule has 0 heterocycles. The largest absolute Gasteiger partial charge is 0.462 e. The van der Waals surface area contributed by atoms with E-state index in [-0.39, 0.29) is 31.1 Å². The van der Waals surface area contributed by atoms with Crippen molar-refractivity contribution in [2.24, 2.45) is 0 Å². The monoisotopic (exact) mass is 1010 g/mol. The second-order valence-electron chi connectivity index (χ2n) is 19.9. The van der Waals surface area contributed by atoms with Gasteiger partial charge in [-0.05, 0) is 103 Å². The quantitative estimate of drug-likeness (QED) is 0.0261. The summed E-state index contributed by atoms with van der Waals surface area (Å²) < 4.78 is 16.8. The second kappa shape index (κ2) is 60.6. The smallest absolute Gasteiger partial charge is 0.306 e. The Balaban J connectivity index is 4.44. The first-order valence-electron chi connectivity index (χ1n) is 30.4. The number of allylic oxidation sites excluding steroid dienone is 18. The number of rotatable bonds is 54. The molecule has 0 N–H and O–H groups in total. The minimum absolute atomic E-state index is 0.107. The average molecular weight is 1010 g/mol. The molecule has 0 aliphatic rings. The highest BCUT2D eigenvalue weighted by atomic mass is 16.6. The molecule has 0 aliphatic heterocycles. The summed E-state index contributed by atoms with van der Waals surface area (Å²) in [4.78, 5) is 38.2. The van der Waals surface area contributed by atoms with Crippen molar-refractivity contribution >= 4 is 17.9 Å². The fourth-order valence-electron chi connectivity index (χ4n) is 8.28. The fourth-order valence-corrected chi connectivity index (χ4v) is 8.28. The average Bonchev–Trinajstić information content (AvgIpc) is 3.39. The highest BCUT2D eigenvalue weighted by molar-refractivity contribution is 5.71. The van der Waals surface area contributed by atoms with Crippen LogP contribution in [0.3, 0.4) is 0 Å². The lowest BCUT2D eigenvalue weighted by atomic mass is 10.0. The molecule has 0 bridgehead atoms. The van der Waals surface area contributed by atoms with E-state index in [0.29, 0.717) is 25.7 Å². The molecular weight excluding hydrogens is 901 g/mol. The summed E-state index contributed by atoms with van der Waals surface area (Å²) in [7, 11) is 0. The van der Waals surface area contributed by atoms with Gasteiger partial charge in [0, 0.05) is 19.3 Å². The summed E-state index contributed by atoms with van der Waals surface area (Å²) in [6.07, 6.45) is 82.4. The van der Waals surface area contributed by atoms with Gasteiger partial charge in [-0.15, -0.1) is 0 Å². The first kappa shape index (κ1) is 69.1. The van der Waals surface area contributed by atoms with E-state index in [1.807, 2.05) is 0 Å². The number of esters is 3. The van der Waals surface area contributed by atoms with Gasteiger partial charge >= 0.3 is 17.9 Å². The zero-order valence-electron chi connectivity index (χ0n) is 47.6. The molecule has 1 atom stereocenters. The van der Waals surface area contributed by atoms with Gasteiger partial charge in [0.2, 0.25) is 0 Å². The summed E-state index contributed by atoms with van der Waals surface area (Å²) in [5.74, 6) is -0.972. The van der Waals surface area contributed by atoms with Crippen LogP contribution in [-0.2, 0) is 28.6 Å². The van der Waals surface area contributed by atoms with Crippen LogP contribution in [0.4, 0.5) is 0 Å². The number of carbonyl (C=O) groups is 3. The molecular formula is C67H112O6. The number of hydrogen-bond donors (Lipinski definition) is 0. The van der Waals surface area contributed by atoms with Crippen LogP contribution in [0.15, 0.2) is 109 Å². The van der Waals surface area contributed by atoms with Crippen LogP contribution in [0.2, 0.25) is 0 Å². The highest BCUT2D eigenvalue weighted by Gasteiger charge is 2.19. The molecule has 0 rings (SSSR count). The van der Waals surface area contributed by atoms with Crippen molar-refractivity contribution in [2.75, 3.05) is 13.2 Å². The Morgan fingerprint density at radius 2 is 0.534 bits per heavy atom. The van der Waals surface area contributed by atoms with Crippen molar-refractivity contribution in [1.29, 1.82) is 0 Å². The van der Waals surface area contributed by atoms with Gasteiger partial charge in [-0.3, -0.25) is 14.4 Å². The standard InChI is InChI=1S/C67H112O6/c1-4-7-10-13-16-19-22-25-27-29-31-33-35-37-39-42-45-48-51-54-57-60-66(69)72-63-64(62-71-65(68)59-56-53-50-47-44-41-24-21-18-15-12-9-6-3)73-67(70)61-58-55-52-49-46-43-40-38-36-34-32-30-28-26-23-20-17-14-11-8-5-2/h7,9-10,12,16,18-19,21,25,27,31,33,37,39,41,44-45,48,64H,4-6,8,11,13-15,17,20,22-24,26,28-30,32,34-36,38,40,42-43,46-47,49-63H2,1-3H3/b10-7-,12-9-,19-16-,21-18-,27-25-,33-31-,39-37-,44-41-,48-45-. The Morgan fingerprint density at radius 3 is 0.863 bits per heavy atom. The maximum atomic E-state index is 12.9. The number of unbranched alkanes of at least 4 members (excludes halogenated alkanes) is 25. The third-order valence-corrected chi connectivity index (χ3v) is 12.8. The van der Waals surface area contributed by atoms with Crippen LogP contribution in [0, 0.1) is 0 Å². The molecule has 0 saturated heterocycles. The molecule has 0 fully saturated rings. The number of ether oxygens (including phenoxy) is 3. The van der Waals surface area contributed by atoms with E-state index < -0.39 is 6.10 Å². The summed E-state index contributed by atoms with van der Waals surface area (Å²) in [5, 5.41) is 0. The molecule has 416 valence electrons. The lowest BCUT2D eigenvalue weighted by molar-refractivity contribution is -0.167. The zero-order chi connectivity index (χ0) is 52.9. The maximum Gasteiger partial charge on any atom is 0.306 e. The van der Waals surface area contributed by atoms with Gasteiger partial charge < -0.3 is 14.2 Å². The molecule has 0 spiro atoms. The SMILES string of the molecule is CC/C=C\C/C=C\C/C=C\C/C=C\C/C=C\C/C=C\CCCCC(=O)OCC(COC(=O)CCCCC/C=C\C/C=C\C/C=C\CC)OC(=O)CCCCCCCCCCCCCCCCCCCCCCC. The highest BCUT2D eigenvalue weighted by Crippen LogP contribution is 2.16. The van der Waals surface area contributed by atoms with Crippen LogP contribution in [0.1, 0.15) is 278 Å². The van der Waals surface area contributed by atoms with Crippen molar-refractivity contribution in [3.05, 3.63) is 109 Å². The Kier molecular flexibility index (Phi) is 57.4. The van der Waals surface area contributed by atoms with Gasteiger partial charge in [0.1, 0.15) is 13.2 Å². The normalized spacial score (nSPS) is 12.9. The summed E-state index contributed by atoms with van der Waals surface area (Å²) in [6.45, 7) is 6.37. The van der Waals surface area contributed by atoms with E-state index in [0.717, 1.165) is 116 Å². The predicted molar refractivity (Wildman–Crippen MR) is 316 cm³/mol. The summed E-state index contributed by atoms with van der Waals surface area (Å²) in [5.41, 5.74) is 0. The van der Waals surface area contributed by atoms with Crippen molar-refractivity contribution in [3.63, 3.8) is 0 Å². The van der Waals surface area contributed by atoms with Crippen LogP contribution in [0.5, 0.6) is 0 Å². The summed E-state index contributed by atoms with van der Waals surface area (Å²) >= 11 is 0. The molecule has 0 radical (unpaired) electrons. The Hall–Kier alpha value is -3.93. The molecule has 6 nitrogen and oxygen atoms in total. The van der Waals surface area contributed by atoms with Crippen LogP contribution in [-0.4, -0.2) is 37.2 Å². The molecule has 0 aromatic heterocycles. The Labute approximate surface area is 450 Å². The molecule has 73 heavy (non-hydrogen) atoms. The van der Waals surface area contributed by atoms with Gasteiger partial charge in [0.05, 0.1) is 0 Å². The summed E-state index contributed by atoms with van der Waals surface area (Å²) in [6, 6.07) is 0. The molecule has 0 saturated carbocycles. The van der Waals surface area contributed by atoms with Crippen LogP contribution < -0.4 is 0 Å². The number of hydrogen-bond acceptors (Lipinski definition) is 6. The minimum Gasteiger partial charge on any atom is -0.462 e. The Bertz CT molecular complexity index is 1490. The van der Waals surface area contributed by atoms with Crippen LogP contribution >= 0.6 is 0 Å². The van der Waals surface area contributed by atoms with E-state index in [2.05, 4.69) is 130 Å². The van der Waals surface area contributed by atoms with Crippen molar-refractivity contribution < 1.29 is 28.6 Å². The van der Waals surface area contributed by atoms with Gasteiger partial charge in [-0.25, -0.2) is 0 Å². The zero-order valence-corrected chi connectivity index (χ0v) is 47.6. The third-order valence-electron chi connectivity index (χ3n) is 12.8. The van der Waals surface area contributed by atoms with E-state index in [9.17, 15) is 14.4 Å². The first-order valence-corrected chi connectivity index (χ1v) is 30.4. The topological polar surface area (TPSA) is 78.9 Å². The van der Waals surface area contributed by atoms with Gasteiger partial charge in [0.25, 0.3) is 0 Å². The predicted octanol–water partition coefficient (Wildman–Crippen LogP) is 20.7. The molecule has 0 amide bonds. The third kappa shape index (κ3) is 58.8. The molecule has 0 aromatic carbocycles. The van der Waals surface area contributed by atoms with Gasteiger partial charge in [0.15, 0.2) is 6.10 Å². The van der Waals surface area contributed by atoms with Gasteiger partial charge in [-0.2, -0.15) is 0 Å². The lowest BCUT2D eigenvalue weighted by Crippen LogP contribution is -2.30. The van der Waals surface area contributed by atoms with E-state index in [1.165, 1.54) is 116 Å². The Morgan fingerprint density at radius 1 is 0.288 bits per heavy atom. The first-order chi connectivity index (χ1) is 36.0. The van der Waals surface area contributed by atoms with Crippen molar-refractivity contribution in [2.45, 2.75) is 284 Å². The second-order valence-corrected chi connectivity index (χ2v) is 19.9. The van der Waals surface area contributed by atoms with E-state index in [4.69, 9.17) is 14.2 Å². The number of carbonyl (C=O) groups excluding carboxylic acids is 3. The molecule has 6 heteroatoms. The molecule has 0 aromatic rings. The fraction of sp³-hybridized carbons (Fsp3) is 0.687. The van der Waals surface area contributed by atoms with E-state index >= 15 is 0 Å². The minimum atomic E-state index is -0.809. The van der Waals surface area contributed by atoms with Crippen LogP contribution in [0.25, 0.3) is 0 Å². The molecule has 0 aliphatic carbocycles. The van der Waals surface area contributed by atoms with Crippen molar-refractivity contribution in [3.8, 4) is 0 Å². The maximum absolute atomic E-state index is 12.9. The van der Waals surface area contributed by atoms with E-state index in [1.54, 1.807) is 0 Å². The van der Waals surface area contributed by atoms with Crippen molar-refractivity contribution in [1.82, 2.24) is 0 Å².